The third-order valence-corrected chi connectivity index (χ3v) is 3.62. The number of ether oxygens (including phenoxy) is 1. The molecule has 0 aliphatic carbocycles. The number of rotatable bonds is 4. The molecule has 2 heterocycles. The summed E-state index contributed by atoms with van der Waals surface area (Å²) in [5, 5.41) is 4.86. The maximum Gasteiger partial charge on any atom is 0.240 e. The lowest BCUT2D eigenvalue weighted by Gasteiger charge is -2.31. The van der Waals surface area contributed by atoms with E-state index >= 15 is 0 Å². The summed E-state index contributed by atoms with van der Waals surface area (Å²) in [5.41, 5.74) is 8.11. The van der Waals surface area contributed by atoms with Crippen molar-refractivity contribution in [3.63, 3.8) is 0 Å². The van der Waals surface area contributed by atoms with Gasteiger partial charge < -0.3 is 15.8 Å². The second kappa shape index (κ2) is 5.57. The van der Waals surface area contributed by atoms with E-state index in [4.69, 9.17) is 10.5 Å². The Morgan fingerprint density at radius 3 is 3.00 bits per heavy atom. The molecule has 1 aliphatic rings. The Morgan fingerprint density at radius 1 is 1.59 bits per heavy atom. The summed E-state index contributed by atoms with van der Waals surface area (Å²) in [6, 6.07) is 0. The third kappa shape index (κ3) is 3.24. The first-order chi connectivity index (χ1) is 8.21. The number of carbonyl (C=O) groups is 1. The molecule has 2 rings (SSSR count). The van der Waals surface area contributed by atoms with Gasteiger partial charge in [0.25, 0.3) is 0 Å². The molecule has 0 atom stereocenters. The summed E-state index contributed by atoms with van der Waals surface area (Å²) >= 11 is 1.56. The zero-order chi connectivity index (χ0) is 12.1. The quantitative estimate of drug-likeness (QED) is 0.811. The van der Waals surface area contributed by atoms with E-state index in [9.17, 15) is 4.79 Å². The SMILES string of the molecule is NC1(C(=O)NCCc2cscn2)CCOCC1. The van der Waals surface area contributed by atoms with Crippen molar-refractivity contribution >= 4 is 17.2 Å². The van der Waals surface area contributed by atoms with Crippen molar-refractivity contribution in [1.29, 1.82) is 0 Å². The molecule has 0 radical (unpaired) electrons. The van der Waals surface area contributed by atoms with Gasteiger partial charge in [0.05, 0.1) is 16.7 Å². The van der Waals surface area contributed by atoms with Crippen LogP contribution in [0.15, 0.2) is 10.9 Å². The van der Waals surface area contributed by atoms with Gasteiger partial charge in [0, 0.05) is 31.6 Å². The van der Waals surface area contributed by atoms with Crippen molar-refractivity contribution in [1.82, 2.24) is 10.3 Å². The Hall–Kier alpha value is -0.980. The normalized spacial score (nSPS) is 18.9. The van der Waals surface area contributed by atoms with Gasteiger partial charge in [-0.2, -0.15) is 0 Å². The zero-order valence-electron chi connectivity index (χ0n) is 9.65. The Bertz CT molecular complexity index is 361. The van der Waals surface area contributed by atoms with Crippen LogP contribution in [0.3, 0.4) is 0 Å². The summed E-state index contributed by atoms with van der Waals surface area (Å²) in [6.07, 6.45) is 1.94. The lowest BCUT2D eigenvalue weighted by Crippen LogP contribution is -2.57. The van der Waals surface area contributed by atoms with Gasteiger partial charge in [-0.05, 0) is 12.8 Å². The zero-order valence-corrected chi connectivity index (χ0v) is 10.5. The van der Waals surface area contributed by atoms with Crippen molar-refractivity contribution in [3.05, 3.63) is 16.6 Å². The highest BCUT2D eigenvalue weighted by molar-refractivity contribution is 7.07. The summed E-state index contributed by atoms with van der Waals surface area (Å²) in [5.74, 6) is -0.0731. The molecular formula is C11H17N3O2S. The van der Waals surface area contributed by atoms with E-state index in [1.165, 1.54) is 0 Å². The van der Waals surface area contributed by atoms with E-state index in [2.05, 4.69) is 10.3 Å². The first-order valence-corrected chi connectivity index (χ1v) is 6.67. The smallest absolute Gasteiger partial charge is 0.240 e. The molecule has 94 valence electrons. The van der Waals surface area contributed by atoms with Crippen LogP contribution in [-0.4, -0.2) is 36.2 Å². The fourth-order valence-corrected chi connectivity index (χ4v) is 2.40. The van der Waals surface area contributed by atoms with E-state index in [0.717, 1.165) is 12.1 Å². The van der Waals surface area contributed by atoms with Crippen LogP contribution >= 0.6 is 11.3 Å². The van der Waals surface area contributed by atoms with Crippen LogP contribution in [0.25, 0.3) is 0 Å². The molecule has 1 aliphatic heterocycles. The number of amides is 1. The van der Waals surface area contributed by atoms with Gasteiger partial charge in [-0.15, -0.1) is 11.3 Å². The fraction of sp³-hybridized carbons (Fsp3) is 0.636. The molecule has 1 fully saturated rings. The first-order valence-electron chi connectivity index (χ1n) is 5.73. The Balaban J connectivity index is 1.76. The second-order valence-corrected chi connectivity index (χ2v) is 4.97. The molecule has 1 saturated heterocycles. The standard InChI is InChI=1S/C11H17N3O2S/c12-11(2-5-16-6-3-11)10(15)13-4-1-9-7-17-8-14-9/h7-8H,1-6,12H2,(H,13,15). The first kappa shape index (κ1) is 12.5. The van der Waals surface area contributed by atoms with Gasteiger partial charge in [0.15, 0.2) is 0 Å². The lowest BCUT2D eigenvalue weighted by molar-refractivity contribution is -0.129. The molecule has 0 spiro atoms. The number of hydrogen-bond acceptors (Lipinski definition) is 5. The molecule has 0 bridgehead atoms. The monoisotopic (exact) mass is 255 g/mol. The molecular weight excluding hydrogens is 238 g/mol. The van der Waals surface area contributed by atoms with Gasteiger partial charge in [0.2, 0.25) is 5.91 Å². The van der Waals surface area contributed by atoms with Crippen LogP contribution < -0.4 is 11.1 Å². The summed E-state index contributed by atoms with van der Waals surface area (Å²) in [4.78, 5) is 16.1. The third-order valence-electron chi connectivity index (χ3n) is 2.99. The average molecular weight is 255 g/mol. The number of nitrogens with zero attached hydrogens (tertiary/aromatic N) is 1. The predicted molar refractivity (Wildman–Crippen MR) is 65.8 cm³/mol. The van der Waals surface area contributed by atoms with Crippen LogP contribution in [-0.2, 0) is 16.0 Å². The van der Waals surface area contributed by atoms with Crippen LogP contribution in [0.1, 0.15) is 18.5 Å². The summed E-state index contributed by atoms with van der Waals surface area (Å²) in [7, 11) is 0. The minimum absolute atomic E-state index is 0.0731. The molecule has 6 heteroatoms. The molecule has 1 aromatic heterocycles. The second-order valence-electron chi connectivity index (χ2n) is 4.25. The van der Waals surface area contributed by atoms with Crippen LogP contribution in [0.5, 0.6) is 0 Å². The van der Waals surface area contributed by atoms with E-state index < -0.39 is 5.54 Å². The van der Waals surface area contributed by atoms with Gasteiger partial charge in [-0.3, -0.25) is 4.79 Å². The maximum absolute atomic E-state index is 11.9. The van der Waals surface area contributed by atoms with Crippen LogP contribution in [0, 0.1) is 0 Å². The van der Waals surface area contributed by atoms with Gasteiger partial charge >= 0.3 is 0 Å². The minimum Gasteiger partial charge on any atom is -0.381 e. The lowest BCUT2D eigenvalue weighted by atomic mass is 9.90. The van der Waals surface area contributed by atoms with Crippen LogP contribution in [0.2, 0.25) is 0 Å². The largest absolute Gasteiger partial charge is 0.381 e. The Labute approximate surface area is 104 Å². The number of carbonyl (C=O) groups excluding carboxylic acids is 1. The summed E-state index contributed by atoms with van der Waals surface area (Å²) < 4.78 is 5.21. The van der Waals surface area contributed by atoms with Gasteiger partial charge in [-0.25, -0.2) is 4.98 Å². The highest BCUT2D eigenvalue weighted by Crippen LogP contribution is 2.17. The summed E-state index contributed by atoms with van der Waals surface area (Å²) in [6.45, 7) is 1.72. The Kier molecular flexibility index (Phi) is 4.09. The molecule has 1 amide bonds. The molecule has 0 aromatic carbocycles. The Morgan fingerprint density at radius 2 is 2.35 bits per heavy atom. The fourth-order valence-electron chi connectivity index (χ4n) is 1.80. The highest BCUT2D eigenvalue weighted by atomic mass is 32.1. The van der Waals surface area contributed by atoms with Crippen molar-refractivity contribution in [2.24, 2.45) is 5.73 Å². The average Bonchev–Trinajstić information content (AvgIpc) is 2.83. The molecule has 3 N–H and O–H groups in total. The number of nitrogens with two attached hydrogens (primary N) is 1. The molecule has 0 saturated carbocycles. The number of thiazole rings is 1. The predicted octanol–water partition coefficient (Wildman–Crippen LogP) is 0.310. The van der Waals surface area contributed by atoms with Crippen LogP contribution in [0.4, 0.5) is 0 Å². The molecule has 17 heavy (non-hydrogen) atoms. The number of nitrogens with one attached hydrogen (secondary N) is 1. The molecule has 5 nitrogen and oxygen atoms in total. The topological polar surface area (TPSA) is 77.2 Å². The van der Waals surface area contributed by atoms with Crippen molar-refractivity contribution < 1.29 is 9.53 Å². The van der Waals surface area contributed by atoms with E-state index in [0.29, 0.717) is 32.6 Å². The highest BCUT2D eigenvalue weighted by Gasteiger charge is 2.35. The molecule has 1 aromatic rings. The van der Waals surface area contributed by atoms with Crippen molar-refractivity contribution in [2.75, 3.05) is 19.8 Å². The van der Waals surface area contributed by atoms with Crippen molar-refractivity contribution in [3.8, 4) is 0 Å². The van der Waals surface area contributed by atoms with E-state index in [-0.39, 0.29) is 5.91 Å². The van der Waals surface area contributed by atoms with E-state index in [1.807, 2.05) is 5.38 Å². The minimum atomic E-state index is -0.750. The number of hydrogen-bond donors (Lipinski definition) is 2. The maximum atomic E-state index is 11.9. The van der Waals surface area contributed by atoms with Crippen molar-refractivity contribution in [2.45, 2.75) is 24.8 Å². The molecule has 0 unspecified atom stereocenters. The van der Waals surface area contributed by atoms with E-state index in [1.54, 1.807) is 16.8 Å². The van der Waals surface area contributed by atoms with Gasteiger partial charge in [-0.1, -0.05) is 0 Å². The van der Waals surface area contributed by atoms with Gasteiger partial charge in [0.1, 0.15) is 0 Å². The number of aromatic nitrogens is 1.